The van der Waals surface area contributed by atoms with E-state index in [9.17, 15) is 4.79 Å². The fourth-order valence-electron chi connectivity index (χ4n) is 0.477. The summed E-state index contributed by atoms with van der Waals surface area (Å²) in [6, 6.07) is 0. The van der Waals surface area contributed by atoms with Gasteiger partial charge in [-0.25, -0.2) is 0 Å². The molecular formula is C8H18INO2S. The van der Waals surface area contributed by atoms with E-state index >= 15 is 0 Å². The number of carbonyl (C=O) groups excluding carboxylic acids is 1. The SMILES string of the molecule is CCC(=O)SOCC[N+](C)(C)C.[I-]. The fraction of sp³-hybridized carbons (Fsp3) is 0.875. The zero-order valence-electron chi connectivity index (χ0n) is 8.67. The number of hydrogen-bond acceptors (Lipinski definition) is 3. The molecule has 5 heteroatoms. The molecule has 0 aromatic heterocycles. The quantitative estimate of drug-likeness (QED) is 0.262. The van der Waals surface area contributed by atoms with Gasteiger partial charge in [-0.05, 0) is 0 Å². The second-order valence-electron chi connectivity index (χ2n) is 3.64. The second-order valence-corrected chi connectivity index (χ2v) is 4.50. The first-order valence-corrected chi connectivity index (χ1v) is 4.82. The van der Waals surface area contributed by atoms with E-state index in [1.807, 2.05) is 6.92 Å². The lowest BCUT2D eigenvalue weighted by Gasteiger charge is -2.22. The van der Waals surface area contributed by atoms with Gasteiger partial charge < -0.3 is 32.6 Å². The third-order valence-corrected chi connectivity index (χ3v) is 2.05. The molecule has 0 fully saturated rings. The van der Waals surface area contributed by atoms with Crippen molar-refractivity contribution in [2.45, 2.75) is 13.3 Å². The number of nitrogens with zero attached hydrogens (tertiary/aromatic N) is 1. The van der Waals surface area contributed by atoms with E-state index in [-0.39, 0.29) is 29.1 Å². The average molecular weight is 319 g/mol. The Kier molecular flexibility index (Phi) is 9.94. The molecule has 0 aromatic rings. The average Bonchev–Trinajstić information content (AvgIpc) is 1.96. The Bertz CT molecular complexity index is 148. The zero-order valence-corrected chi connectivity index (χ0v) is 11.6. The smallest absolute Gasteiger partial charge is 0.215 e. The molecule has 0 aromatic carbocycles. The molecule has 0 aliphatic heterocycles. The van der Waals surface area contributed by atoms with Gasteiger partial charge in [-0.15, -0.1) is 0 Å². The minimum absolute atomic E-state index is 0. The van der Waals surface area contributed by atoms with Gasteiger partial charge in [0.15, 0.2) is 0 Å². The van der Waals surface area contributed by atoms with Crippen LogP contribution in [-0.4, -0.2) is 43.9 Å². The van der Waals surface area contributed by atoms with E-state index in [2.05, 4.69) is 21.1 Å². The molecule has 80 valence electrons. The van der Waals surface area contributed by atoms with Gasteiger partial charge in [-0.1, -0.05) is 6.92 Å². The first-order valence-electron chi connectivity index (χ1n) is 4.08. The third-order valence-electron chi connectivity index (χ3n) is 1.29. The van der Waals surface area contributed by atoms with Crippen molar-refractivity contribution in [1.29, 1.82) is 0 Å². The predicted octanol–water partition coefficient (Wildman–Crippen LogP) is -1.70. The monoisotopic (exact) mass is 319 g/mol. The minimum atomic E-state index is 0. The van der Waals surface area contributed by atoms with Crippen LogP contribution in [0.15, 0.2) is 0 Å². The summed E-state index contributed by atoms with van der Waals surface area (Å²) < 4.78 is 5.98. The summed E-state index contributed by atoms with van der Waals surface area (Å²) in [5.41, 5.74) is 0. The molecule has 0 saturated carbocycles. The highest BCUT2D eigenvalue weighted by Gasteiger charge is 2.07. The van der Waals surface area contributed by atoms with Gasteiger partial charge in [0.1, 0.15) is 13.2 Å². The lowest BCUT2D eigenvalue weighted by atomic mass is 10.5. The Morgan fingerprint density at radius 1 is 1.38 bits per heavy atom. The van der Waals surface area contributed by atoms with Gasteiger partial charge >= 0.3 is 0 Å². The van der Waals surface area contributed by atoms with Crippen LogP contribution in [0.25, 0.3) is 0 Å². The van der Waals surface area contributed by atoms with Crippen LogP contribution in [0.1, 0.15) is 13.3 Å². The summed E-state index contributed by atoms with van der Waals surface area (Å²) in [5.74, 6) is 0. The molecular weight excluding hydrogens is 301 g/mol. The Morgan fingerprint density at radius 3 is 2.31 bits per heavy atom. The van der Waals surface area contributed by atoms with Crippen molar-refractivity contribution in [2.24, 2.45) is 0 Å². The van der Waals surface area contributed by atoms with Crippen LogP contribution >= 0.6 is 12.0 Å². The standard InChI is InChI=1S/C8H18NO2S.HI/c1-5-8(10)12-11-7-6-9(2,3)4;/h5-7H2,1-4H3;1H/q+1;/p-1. The van der Waals surface area contributed by atoms with Crippen LogP contribution in [-0.2, 0) is 8.98 Å². The van der Waals surface area contributed by atoms with Gasteiger partial charge in [0.25, 0.3) is 0 Å². The Labute approximate surface area is 102 Å². The number of quaternary nitrogens is 1. The highest BCUT2D eigenvalue weighted by atomic mass is 127. The molecule has 0 radical (unpaired) electrons. The third kappa shape index (κ3) is 12.7. The number of halogens is 1. The second kappa shape index (κ2) is 8.02. The summed E-state index contributed by atoms with van der Waals surface area (Å²) in [6.45, 7) is 3.38. The Balaban J connectivity index is 0. The highest BCUT2D eigenvalue weighted by molar-refractivity contribution is 8.09. The maximum atomic E-state index is 10.8. The van der Waals surface area contributed by atoms with Gasteiger partial charge in [0, 0.05) is 6.42 Å². The summed E-state index contributed by atoms with van der Waals surface area (Å²) in [5, 5.41) is 0.0939. The van der Waals surface area contributed by atoms with Gasteiger partial charge in [-0.3, -0.25) is 4.79 Å². The Hall–Kier alpha value is 0.670. The van der Waals surface area contributed by atoms with Crippen LogP contribution in [0.2, 0.25) is 0 Å². The van der Waals surface area contributed by atoms with Crippen LogP contribution < -0.4 is 24.0 Å². The lowest BCUT2D eigenvalue weighted by molar-refractivity contribution is -0.870. The Morgan fingerprint density at radius 2 is 1.92 bits per heavy atom. The van der Waals surface area contributed by atoms with E-state index in [0.29, 0.717) is 13.0 Å². The van der Waals surface area contributed by atoms with Crippen LogP contribution in [0.4, 0.5) is 0 Å². The van der Waals surface area contributed by atoms with E-state index in [4.69, 9.17) is 4.18 Å². The van der Waals surface area contributed by atoms with E-state index in [1.165, 1.54) is 0 Å². The molecule has 0 amide bonds. The van der Waals surface area contributed by atoms with Gasteiger partial charge in [0.2, 0.25) is 5.12 Å². The summed E-state index contributed by atoms with van der Waals surface area (Å²) in [6.07, 6.45) is 0.537. The van der Waals surface area contributed by atoms with E-state index in [1.54, 1.807) is 0 Å². The zero-order chi connectivity index (χ0) is 9.61. The van der Waals surface area contributed by atoms with Crippen molar-refractivity contribution in [3.8, 4) is 0 Å². The number of rotatable bonds is 5. The fourth-order valence-corrected chi connectivity index (χ4v) is 0.885. The van der Waals surface area contributed by atoms with Crippen molar-refractivity contribution < 1.29 is 37.4 Å². The molecule has 0 aliphatic carbocycles. The molecule has 0 bridgehead atoms. The van der Waals surface area contributed by atoms with Crippen molar-refractivity contribution >= 4 is 17.2 Å². The van der Waals surface area contributed by atoms with Crippen molar-refractivity contribution in [1.82, 2.24) is 0 Å². The molecule has 0 atom stereocenters. The van der Waals surface area contributed by atoms with Crippen LogP contribution in [0.5, 0.6) is 0 Å². The largest absolute Gasteiger partial charge is 1.00 e. The topological polar surface area (TPSA) is 26.3 Å². The normalized spacial score (nSPS) is 10.8. The molecule has 13 heavy (non-hydrogen) atoms. The first-order chi connectivity index (χ1) is 5.45. The molecule has 0 spiro atoms. The van der Waals surface area contributed by atoms with Crippen molar-refractivity contribution in [2.75, 3.05) is 34.3 Å². The molecule has 0 rings (SSSR count). The van der Waals surface area contributed by atoms with Crippen molar-refractivity contribution in [3.63, 3.8) is 0 Å². The first kappa shape index (κ1) is 16.1. The summed E-state index contributed by atoms with van der Waals surface area (Å²) in [7, 11) is 6.28. The maximum Gasteiger partial charge on any atom is 0.215 e. The molecule has 0 aliphatic rings. The number of carbonyl (C=O) groups is 1. The maximum absolute atomic E-state index is 10.8. The molecule has 3 nitrogen and oxygen atoms in total. The van der Waals surface area contributed by atoms with E-state index in [0.717, 1.165) is 23.1 Å². The van der Waals surface area contributed by atoms with Crippen molar-refractivity contribution in [3.05, 3.63) is 0 Å². The summed E-state index contributed by atoms with van der Waals surface area (Å²) in [4.78, 5) is 10.8. The van der Waals surface area contributed by atoms with E-state index < -0.39 is 0 Å². The highest BCUT2D eigenvalue weighted by Crippen LogP contribution is 2.06. The molecule has 0 N–H and O–H groups in total. The molecule has 0 heterocycles. The summed E-state index contributed by atoms with van der Waals surface area (Å²) >= 11 is 0.968. The number of likely N-dealkylation sites (N-methyl/N-ethyl adjacent to an activating group) is 1. The van der Waals surface area contributed by atoms with Crippen LogP contribution in [0.3, 0.4) is 0 Å². The van der Waals surface area contributed by atoms with Gasteiger partial charge in [0.05, 0.1) is 33.2 Å². The van der Waals surface area contributed by atoms with Crippen LogP contribution in [0, 0.1) is 0 Å². The lowest BCUT2D eigenvalue weighted by Crippen LogP contribution is -3.00. The molecule has 0 saturated heterocycles. The predicted molar refractivity (Wildman–Crippen MR) is 51.7 cm³/mol. The minimum Gasteiger partial charge on any atom is -1.00 e. The molecule has 0 unspecified atom stereocenters. The van der Waals surface area contributed by atoms with Gasteiger partial charge in [-0.2, -0.15) is 0 Å². The number of hydrogen-bond donors (Lipinski definition) is 0.